The van der Waals surface area contributed by atoms with Crippen molar-refractivity contribution in [3.8, 4) is 5.75 Å². The molecule has 3 atom stereocenters. The lowest BCUT2D eigenvalue weighted by Gasteiger charge is -2.44. The molecule has 2 unspecified atom stereocenters. The first-order chi connectivity index (χ1) is 12.1. The number of fused-ring (bicyclic) bond motifs is 1. The van der Waals surface area contributed by atoms with Crippen LogP contribution in [0.1, 0.15) is 43.4 Å². The Morgan fingerprint density at radius 3 is 2.54 bits per heavy atom. The second kappa shape index (κ2) is 6.64. The normalized spacial score (nSPS) is 23.6. The molecule has 140 valence electrons. The van der Waals surface area contributed by atoms with E-state index in [9.17, 15) is 8.60 Å². The zero-order chi connectivity index (χ0) is 19.1. The molecular formula is C19H22FNO4S. The van der Waals surface area contributed by atoms with Crippen molar-refractivity contribution in [3.05, 3.63) is 65.0 Å². The third-order valence-corrected chi connectivity index (χ3v) is 5.43. The molecule has 7 heteroatoms. The molecule has 1 aliphatic rings. The van der Waals surface area contributed by atoms with E-state index >= 15 is 0 Å². The summed E-state index contributed by atoms with van der Waals surface area (Å²) < 4.78 is 51.0. The molecule has 0 aliphatic carbocycles. The molecule has 0 saturated carbocycles. The monoisotopic (exact) mass is 379 g/mol. The minimum Gasteiger partial charge on any atom is -0.487 e. The van der Waals surface area contributed by atoms with E-state index in [0.717, 1.165) is 11.1 Å². The molecule has 26 heavy (non-hydrogen) atoms. The van der Waals surface area contributed by atoms with E-state index in [4.69, 9.17) is 14.1 Å². The SMILES string of the molecule is C[C@@H]1C(c2ccc(F)cc2)c2ccc(COS(=N)(=O)O)cc2OC1(C)C. The van der Waals surface area contributed by atoms with E-state index in [1.165, 1.54) is 12.1 Å². The van der Waals surface area contributed by atoms with Gasteiger partial charge in [0.05, 0.1) is 6.61 Å². The van der Waals surface area contributed by atoms with Crippen molar-refractivity contribution in [2.24, 2.45) is 5.92 Å². The molecule has 5 nitrogen and oxygen atoms in total. The molecular weight excluding hydrogens is 357 g/mol. The number of benzene rings is 2. The van der Waals surface area contributed by atoms with Crippen molar-refractivity contribution in [1.82, 2.24) is 0 Å². The molecule has 0 fully saturated rings. The van der Waals surface area contributed by atoms with Crippen LogP contribution in [0.3, 0.4) is 0 Å². The van der Waals surface area contributed by atoms with E-state index in [-0.39, 0.29) is 24.3 Å². The van der Waals surface area contributed by atoms with Crippen LogP contribution in [0.2, 0.25) is 0 Å². The number of ether oxygens (including phenoxy) is 1. The Morgan fingerprint density at radius 1 is 1.27 bits per heavy atom. The molecule has 0 radical (unpaired) electrons. The summed E-state index contributed by atoms with van der Waals surface area (Å²) in [5.41, 5.74) is 2.17. The third kappa shape index (κ3) is 3.90. The largest absolute Gasteiger partial charge is 0.487 e. The molecule has 2 N–H and O–H groups in total. The zero-order valence-electron chi connectivity index (χ0n) is 14.9. The Kier molecular flexibility index (Phi) is 4.81. The zero-order valence-corrected chi connectivity index (χ0v) is 15.7. The summed E-state index contributed by atoms with van der Waals surface area (Å²) in [7, 11) is -4.01. The van der Waals surface area contributed by atoms with Crippen LogP contribution in [0, 0.1) is 16.5 Å². The number of nitrogens with one attached hydrogen (secondary N) is 1. The highest BCUT2D eigenvalue weighted by atomic mass is 32.2. The summed E-state index contributed by atoms with van der Waals surface area (Å²) in [6.45, 7) is 5.96. The van der Waals surface area contributed by atoms with Crippen LogP contribution in [-0.2, 0) is 21.1 Å². The Morgan fingerprint density at radius 2 is 1.92 bits per heavy atom. The van der Waals surface area contributed by atoms with Gasteiger partial charge in [-0.1, -0.05) is 31.2 Å². The molecule has 2 aromatic carbocycles. The van der Waals surface area contributed by atoms with Crippen molar-refractivity contribution in [1.29, 1.82) is 4.78 Å². The smallest absolute Gasteiger partial charge is 0.287 e. The van der Waals surface area contributed by atoms with Gasteiger partial charge >= 0.3 is 0 Å². The first kappa shape index (κ1) is 18.8. The van der Waals surface area contributed by atoms with Gasteiger partial charge in [0.1, 0.15) is 17.2 Å². The first-order valence-electron chi connectivity index (χ1n) is 8.30. The average molecular weight is 379 g/mol. The average Bonchev–Trinajstić information content (AvgIpc) is 2.54. The highest BCUT2D eigenvalue weighted by Gasteiger charge is 2.41. The highest BCUT2D eigenvalue weighted by molar-refractivity contribution is 7.82. The van der Waals surface area contributed by atoms with Gasteiger partial charge in [0.25, 0.3) is 10.3 Å². The predicted octanol–water partition coefficient (Wildman–Crippen LogP) is 4.72. The molecule has 1 aliphatic heterocycles. The van der Waals surface area contributed by atoms with Crippen LogP contribution in [0.4, 0.5) is 4.39 Å². The maximum absolute atomic E-state index is 13.3. The number of rotatable bonds is 4. The third-order valence-electron chi connectivity index (χ3n) is 5.00. The summed E-state index contributed by atoms with van der Waals surface area (Å²) in [6, 6.07) is 12.0. The highest BCUT2D eigenvalue weighted by Crippen LogP contribution is 2.48. The molecule has 0 saturated heterocycles. The van der Waals surface area contributed by atoms with Gasteiger partial charge < -0.3 is 4.74 Å². The second-order valence-electron chi connectivity index (χ2n) is 7.13. The number of hydrogen-bond donors (Lipinski definition) is 2. The Labute approximate surface area is 153 Å². The lowest BCUT2D eigenvalue weighted by atomic mass is 9.72. The fraction of sp³-hybridized carbons (Fsp3) is 0.368. The summed E-state index contributed by atoms with van der Waals surface area (Å²) in [6.07, 6.45) is 0. The maximum Gasteiger partial charge on any atom is 0.287 e. The Bertz CT molecular complexity index is 910. The summed E-state index contributed by atoms with van der Waals surface area (Å²) in [5, 5.41) is 0. The Hall–Kier alpha value is -1.96. The molecule has 3 rings (SSSR count). The summed E-state index contributed by atoms with van der Waals surface area (Å²) in [4.78, 5) is 0. The standard InChI is InChI=1S/C19H22FNO4S/c1-12-18(14-5-7-15(20)8-6-14)16-9-4-13(11-24-26(21,22)23)10-17(16)25-19(12,2)3/h4-10,12,18H,11H2,1-3H3,(H2,21,22,23)/t12-,18?/m1/s1. The minimum absolute atomic E-state index is 0.0301. The second-order valence-corrected chi connectivity index (χ2v) is 8.32. The van der Waals surface area contributed by atoms with Crippen molar-refractivity contribution >= 4 is 10.3 Å². The van der Waals surface area contributed by atoms with Gasteiger partial charge in [-0.2, -0.15) is 4.21 Å². The topological polar surface area (TPSA) is 79.6 Å². The molecule has 0 bridgehead atoms. The molecule has 2 aromatic rings. The van der Waals surface area contributed by atoms with Crippen molar-refractivity contribution < 1.29 is 22.1 Å². The van der Waals surface area contributed by atoms with Gasteiger partial charge in [-0.25, -0.2) is 9.17 Å². The van der Waals surface area contributed by atoms with E-state index in [1.54, 1.807) is 24.3 Å². The van der Waals surface area contributed by atoms with Gasteiger partial charge in [-0.15, -0.1) is 0 Å². The van der Waals surface area contributed by atoms with Crippen LogP contribution < -0.4 is 4.74 Å². The fourth-order valence-electron chi connectivity index (χ4n) is 3.35. The van der Waals surface area contributed by atoms with Gasteiger partial charge in [-0.3, -0.25) is 8.74 Å². The quantitative estimate of drug-likeness (QED) is 0.806. The molecule has 0 aromatic heterocycles. The van der Waals surface area contributed by atoms with Crippen LogP contribution in [0.15, 0.2) is 42.5 Å². The van der Waals surface area contributed by atoms with Gasteiger partial charge in [0.15, 0.2) is 0 Å². The van der Waals surface area contributed by atoms with Gasteiger partial charge in [0, 0.05) is 17.4 Å². The van der Waals surface area contributed by atoms with E-state index in [1.807, 2.05) is 19.9 Å². The van der Waals surface area contributed by atoms with Crippen molar-refractivity contribution in [2.45, 2.75) is 38.9 Å². The van der Waals surface area contributed by atoms with Crippen molar-refractivity contribution in [2.75, 3.05) is 0 Å². The summed E-state index contributed by atoms with van der Waals surface area (Å²) >= 11 is 0. The van der Waals surface area contributed by atoms with E-state index < -0.39 is 15.9 Å². The van der Waals surface area contributed by atoms with Gasteiger partial charge in [-0.05, 0) is 43.2 Å². The van der Waals surface area contributed by atoms with Crippen LogP contribution in [0.5, 0.6) is 5.75 Å². The lowest BCUT2D eigenvalue weighted by Crippen LogP contribution is -2.43. The first-order valence-corrected chi connectivity index (χ1v) is 9.74. The molecule has 0 spiro atoms. The maximum atomic E-state index is 13.3. The van der Waals surface area contributed by atoms with Crippen LogP contribution in [-0.4, -0.2) is 14.4 Å². The Balaban J connectivity index is 2.01. The number of halogens is 1. The van der Waals surface area contributed by atoms with Gasteiger partial charge in [0.2, 0.25) is 0 Å². The summed E-state index contributed by atoms with van der Waals surface area (Å²) in [5.74, 6) is 0.566. The number of hydrogen-bond acceptors (Lipinski definition) is 4. The molecule has 1 heterocycles. The minimum atomic E-state index is -4.01. The van der Waals surface area contributed by atoms with Crippen molar-refractivity contribution in [3.63, 3.8) is 0 Å². The van der Waals surface area contributed by atoms with Crippen LogP contribution in [0.25, 0.3) is 0 Å². The van der Waals surface area contributed by atoms with E-state index in [2.05, 4.69) is 11.1 Å². The molecule has 0 amide bonds. The van der Waals surface area contributed by atoms with Crippen LogP contribution >= 0.6 is 0 Å². The lowest BCUT2D eigenvalue weighted by molar-refractivity contribution is 0.0257. The predicted molar refractivity (Wildman–Crippen MR) is 96.8 cm³/mol. The van der Waals surface area contributed by atoms with E-state index in [0.29, 0.717) is 11.3 Å². The fourth-order valence-corrected chi connectivity index (χ4v) is 3.64.